The highest BCUT2D eigenvalue weighted by atomic mass is 35.5. The molecule has 2 aliphatic rings. The molecule has 4 rings (SSSR count). The molecule has 7 nitrogen and oxygen atoms in total. The molecule has 0 saturated carbocycles. The summed E-state index contributed by atoms with van der Waals surface area (Å²) in [5.74, 6) is -0.164. The molecule has 156 valence electrons. The van der Waals surface area contributed by atoms with E-state index in [1.54, 1.807) is 11.8 Å². The SMILES string of the molecule is Cc1onc(-c2c(F)cccc2Cl)c1C(=O)N1CCN([C@H]2CCS(=O)(=O)C2)CC1. The number of hydrogen-bond acceptors (Lipinski definition) is 6. The molecular formula is C19H21ClFN3O4S. The van der Waals surface area contributed by atoms with Gasteiger partial charge in [0.1, 0.15) is 22.8 Å². The van der Waals surface area contributed by atoms with Crippen LogP contribution in [0.15, 0.2) is 22.7 Å². The highest BCUT2D eigenvalue weighted by molar-refractivity contribution is 7.91. The van der Waals surface area contributed by atoms with Gasteiger partial charge in [-0.3, -0.25) is 9.69 Å². The summed E-state index contributed by atoms with van der Waals surface area (Å²) in [5.41, 5.74) is 0.345. The summed E-state index contributed by atoms with van der Waals surface area (Å²) >= 11 is 6.15. The number of carbonyl (C=O) groups is 1. The Kier molecular flexibility index (Phi) is 5.39. The summed E-state index contributed by atoms with van der Waals surface area (Å²) in [6.07, 6.45) is 0.636. The Bertz CT molecular complexity index is 1030. The van der Waals surface area contributed by atoms with Crippen LogP contribution in [0.4, 0.5) is 4.39 Å². The first-order valence-electron chi connectivity index (χ1n) is 9.41. The van der Waals surface area contributed by atoms with Gasteiger partial charge in [-0.1, -0.05) is 22.8 Å². The molecule has 2 saturated heterocycles. The van der Waals surface area contributed by atoms with E-state index in [4.69, 9.17) is 16.1 Å². The van der Waals surface area contributed by atoms with Crippen molar-refractivity contribution in [1.82, 2.24) is 15.0 Å². The molecule has 2 fully saturated rings. The van der Waals surface area contributed by atoms with E-state index in [-0.39, 0.29) is 45.3 Å². The Morgan fingerprint density at radius 1 is 1.28 bits per heavy atom. The van der Waals surface area contributed by atoms with Crippen LogP contribution in [-0.4, -0.2) is 73.0 Å². The minimum atomic E-state index is -2.95. The summed E-state index contributed by atoms with van der Waals surface area (Å²) in [6, 6.07) is 4.29. The fourth-order valence-corrected chi connectivity index (χ4v) is 6.04. The number of piperazine rings is 1. The van der Waals surface area contributed by atoms with Crippen molar-refractivity contribution in [3.8, 4) is 11.3 Å². The fraction of sp³-hybridized carbons (Fsp3) is 0.474. The van der Waals surface area contributed by atoms with E-state index in [2.05, 4.69) is 10.1 Å². The number of rotatable bonds is 3. The number of hydrogen-bond donors (Lipinski definition) is 0. The molecule has 1 atom stereocenters. The van der Waals surface area contributed by atoms with E-state index in [1.165, 1.54) is 18.2 Å². The van der Waals surface area contributed by atoms with Crippen LogP contribution in [0.2, 0.25) is 5.02 Å². The lowest BCUT2D eigenvalue weighted by Crippen LogP contribution is -2.52. The molecule has 10 heteroatoms. The van der Waals surface area contributed by atoms with Crippen molar-refractivity contribution in [3.63, 3.8) is 0 Å². The molecule has 1 aromatic carbocycles. The third-order valence-electron chi connectivity index (χ3n) is 5.60. The Balaban J connectivity index is 1.53. The molecule has 29 heavy (non-hydrogen) atoms. The third-order valence-corrected chi connectivity index (χ3v) is 7.67. The molecule has 1 amide bonds. The fourth-order valence-electron chi connectivity index (χ4n) is 4.03. The summed E-state index contributed by atoms with van der Waals surface area (Å²) in [7, 11) is -2.95. The van der Waals surface area contributed by atoms with Crippen molar-refractivity contribution >= 4 is 27.3 Å². The van der Waals surface area contributed by atoms with Crippen molar-refractivity contribution in [2.45, 2.75) is 19.4 Å². The average Bonchev–Trinajstić information content (AvgIpc) is 3.23. The molecule has 0 bridgehead atoms. The van der Waals surface area contributed by atoms with Crippen LogP contribution >= 0.6 is 11.6 Å². The molecule has 3 heterocycles. The molecule has 1 aromatic heterocycles. The first-order valence-corrected chi connectivity index (χ1v) is 11.6. The van der Waals surface area contributed by atoms with Crippen molar-refractivity contribution in [2.75, 3.05) is 37.7 Å². The van der Waals surface area contributed by atoms with Crippen LogP contribution in [0.25, 0.3) is 11.3 Å². The van der Waals surface area contributed by atoms with Crippen LogP contribution in [0.3, 0.4) is 0 Å². The molecule has 0 spiro atoms. The first-order chi connectivity index (χ1) is 13.8. The van der Waals surface area contributed by atoms with Crippen molar-refractivity contribution in [2.24, 2.45) is 0 Å². The van der Waals surface area contributed by atoms with Gasteiger partial charge in [0.25, 0.3) is 5.91 Å². The van der Waals surface area contributed by atoms with Gasteiger partial charge in [0.15, 0.2) is 9.84 Å². The quantitative estimate of drug-likeness (QED) is 0.727. The van der Waals surface area contributed by atoms with Crippen LogP contribution in [-0.2, 0) is 9.84 Å². The van der Waals surface area contributed by atoms with Gasteiger partial charge < -0.3 is 9.42 Å². The van der Waals surface area contributed by atoms with E-state index in [0.717, 1.165) is 0 Å². The lowest BCUT2D eigenvalue weighted by Gasteiger charge is -2.37. The zero-order chi connectivity index (χ0) is 20.8. The Labute approximate surface area is 173 Å². The largest absolute Gasteiger partial charge is 0.360 e. The van der Waals surface area contributed by atoms with Crippen LogP contribution < -0.4 is 0 Å². The average molecular weight is 442 g/mol. The lowest BCUT2D eigenvalue weighted by molar-refractivity contribution is 0.0587. The summed E-state index contributed by atoms with van der Waals surface area (Å²) < 4.78 is 43.0. The summed E-state index contributed by atoms with van der Waals surface area (Å²) in [5, 5.41) is 4.05. The van der Waals surface area contributed by atoms with Gasteiger partial charge in [-0.15, -0.1) is 0 Å². The number of halogens is 2. The van der Waals surface area contributed by atoms with Gasteiger partial charge in [-0.25, -0.2) is 12.8 Å². The Morgan fingerprint density at radius 2 is 2.00 bits per heavy atom. The van der Waals surface area contributed by atoms with Gasteiger partial charge in [-0.2, -0.15) is 0 Å². The van der Waals surface area contributed by atoms with E-state index < -0.39 is 15.7 Å². The van der Waals surface area contributed by atoms with E-state index in [0.29, 0.717) is 38.4 Å². The monoisotopic (exact) mass is 441 g/mol. The van der Waals surface area contributed by atoms with Gasteiger partial charge >= 0.3 is 0 Å². The van der Waals surface area contributed by atoms with Gasteiger partial charge in [0.2, 0.25) is 0 Å². The second-order valence-electron chi connectivity index (χ2n) is 7.44. The summed E-state index contributed by atoms with van der Waals surface area (Å²) in [4.78, 5) is 17.0. The van der Waals surface area contributed by atoms with E-state index >= 15 is 0 Å². The second kappa shape index (κ2) is 7.70. The molecule has 0 unspecified atom stereocenters. The van der Waals surface area contributed by atoms with Crippen molar-refractivity contribution in [3.05, 3.63) is 40.4 Å². The Hall–Kier alpha value is -1.97. The number of aryl methyl sites for hydroxylation is 1. The highest BCUT2D eigenvalue weighted by Crippen LogP contribution is 2.34. The maximum atomic E-state index is 14.4. The maximum absolute atomic E-state index is 14.4. The highest BCUT2D eigenvalue weighted by Gasteiger charge is 2.36. The number of benzene rings is 1. The van der Waals surface area contributed by atoms with Crippen LogP contribution in [0.5, 0.6) is 0 Å². The zero-order valence-electron chi connectivity index (χ0n) is 15.9. The lowest BCUT2D eigenvalue weighted by atomic mass is 10.0. The summed E-state index contributed by atoms with van der Waals surface area (Å²) in [6.45, 7) is 3.69. The standard InChI is InChI=1S/C19H21ClFN3O4S/c1-12-16(18(22-28-12)17-14(20)3-2-4-15(17)21)19(25)24-8-6-23(7-9-24)13-5-10-29(26,27)11-13/h2-4,13H,5-11H2,1H3/t13-/m0/s1. The minimum Gasteiger partial charge on any atom is -0.360 e. The predicted molar refractivity (Wildman–Crippen MR) is 106 cm³/mol. The third kappa shape index (κ3) is 3.91. The normalized spacial score (nSPS) is 22.2. The number of sulfone groups is 1. The number of carbonyl (C=O) groups excluding carboxylic acids is 1. The van der Waals surface area contributed by atoms with Crippen LogP contribution in [0, 0.1) is 12.7 Å². The van der Waals surface area contributed by atoms with Gasteiger partial charge in [0.05, 0.1) is 22.1 Å². The zero-order valence-corrected chi connectivity index (χ0v) is 17.5. The second-order valence-corrected chi connectivity index (χ2v) is 10.1. The van der Waals surface area contributed by atoms with Crippen LogP contribution in [0.1, 0.15) is 22.5 Å². The smallest absolute Gasteiger partial charge is 0.259 e. The van der Waals surface area contributed by atoms with E-state index in [1.807, 2.05) is 0 Å². The predicted octanol–water partition coefficient (Wildman–Crippen LogP) is 2.39. The maximum Gasteiger partial charge on any atom is 0.259 e. The first kappa shape index (κ1) is 20.3. The Morgan fingerprint density at radius 3 is 2.62 bits per heavy atom. The number of nitrogens with zero attached hydrogens (tertiary/aromatic N) is 3. The minimum absolute atomic E-state index is 0.0161. The molecular weight excluding hydrogens is 421 g/mol. The van der Waals surface area contributed by atoms with Crippen molar-refractivity contribution in [1.29, 1.82) is 0 Å². The van der Waals surface area contributed by atoms with Crippen molar-refractivity contribution < 1.29 is 22.1 Å². The van der Waals surface area contributed by atoms with E-state index in [9.17, 15) is 17.6 Å². The van der Waals surface area contributed by atoms with Gasteiger partial charge in [0, 0.05) is 32.2 Å². The molecule has 0 radical (unpaired) electrons. The van der Waals surface area contributed by atoms with Gasteiger partial charge in [-0.05, 0) is 25.5 Å². The molecule has 2 aromatic rings. The molecule has 0 N–H and O–H groups in total. The molecule has 0 aliphatic carbocycles. The topological polar surface area (TPSA) is 83.7 Å². The molecule has 2 aliphatic heterocycles. The number of amides is 1. The number of aromatic nitrogens is 1.